The van der Waals surface area contributed by atoms with Gasteiger partial charge in [-0.3, -0.25) is 4.79 Å². The fourth-order valence-corrected chi connectivity index (χ4v) is 5.03. The number of anilines is 1. The van der Waals surface area contributed by atoms with Crippen molar-refractivity contribution in [2.75, 3.05) is 5.32 Å². The van der Waals surface area contributed by atoms with E-state index in [9.17, 15) is 4.79 Å². The van der Waals surface area contributed by atoms with Crippen LogP contribution in [0.2, 0.25) is 0 Å². The molecule has 0 saturated carbocycles. The Morgan fingerprint density at radius 3 is 2.74 bits per heavy atom. The zero-order chi connectivity index (χ0) is 16.0. The molecule has 0 unspecified atom stereocenters. The molecule has 2 heterocycles. The summed E-state index contributed by atoms with van der Waals surface area (Å²) in [5, 5.41) is 7.72. The number of nitrogens with one attached hydrogen (secondary N) is 2. The number of hydrogen-bond donors (Lipinski definition) is 2. The SMILES string of the molecule is CC[C@@H]1CCc2c(sc3c2C(=O)N[C@H](c2ccc(C)cc2)N3)C1. The largest absolute Gasteiger partial charge is 0.353 e. The normalized spacial score (nSPS) is 22.8. The van der Waals surface area contributed by atoms with Crippen molar-refractivity contribution in [3.63, 3.8) is 0 Å². The number of hydrogen-bond acceptors (Lipinski definition) is 3. The van der Waals surface area contributed by atoms with Crippen molar-refractivity contribution in [2.24, 2.45) is 5.92 Å². The Bertz CT molecular complexity index is 747. The molecule has 120 valence electrons. The maximum Gasteiger partial charge on any atom is 0.256 e. The van der Waals surface area contributed by atoms with Crippen molar-refractivity contribution in [3.05, 3.63) is 51.4 Å². The van der Waals surface area contributed by atoms with E-state index in [1.807, 2.05) is 0 Å². The number of fused-ring (bicyclic) bond motifs is 3. The average Bonchev–Trinajstić information content (AvgIpc) is 2.93. The lowest BCUT2D eigenvalue weighted by atomic mass is 9.85. The van der Waals surface area contributed by atoms with Gasteiger partial charge in [0.05, 0.1) is 5.56 Å². The fourth-order valence-electron chi connectivity index (χ4n) is 3.64. The summed E-state index contributed by atoms with van der Waals surface area (Å²) in [6.45, 7) is 4.34. The van der Waals surface area contributed by atoms with Gasteiger partial charge in [0.2, 0.25) is 0 Å². The molecule has 2 aromatic rings. The summed E-state index contributed by atoms with van der Waals surface area (Å²) >= 11 is 1.79. The molecule has 1 aliphatic heterocycles. The summed E-state index contributed by atoms with van der Waals surface area (Å²) in [4.78, 5) is 14.1. The predicted molar refractivity (Wildman–Crippen MR) is 95.1 cm³/mol. The van der Waals surface area contributed by atoms with Crippen LogP contribution in [0.1, 0.15) is 57.9 Å². The molecular weight excluding hydrogens is 304 g/mol. The Labute approximate surface area is 141 Å². The minimum Gasteiger partial charge on any atom is -0.353 e. The third-order valence-corrected chi connectivity index (χ3v) is 6.32. The zero-order valence-corrected chi connectivity index (χ0v) is 14.4. The smallest absolute Gasteiger partial charge is 0.256 e. The second-order valence-electron chi connectivity index (χ2n) is 6.69. The molecule has 4 rings (SSSR count). The van der Waals surface area contributed by atoms with Gasteiger partial charge in [-0.2, -0.15) is 0 Å². The molecule has 1 aromatic carbocycles. The Hall–Kier alpha value is -1.81. The number of benzene rings is 1. The lowest BCUT2D eigenvalue weighted by Crippen LogP contribution is -2.38. The van der Waals surface area contributed by atoms with Crippen molar-refractivity contribution in [1.29, 1.82) is 0 Å². The van der Waals surface area contributed by atoms with Crippen LogP contribution in [-0.4, -0.2) is 5.91 Å². The van der Waals surface area contributed by atoms with E-state index in [1.54, 1.807) is 11.3 Å². The summed E-state index contributed by atoms with van der Waals surface area (Å²) in [6, 6.07) is 8.34. The molecule has 4 heteroatoms. The summed E-state index contributed by atoms with van der Waals surface area (Å²) in [5.41, 5.74) is 4.53. The van der Waals surface area contributed by atoms with E-state index in [4.69, 9.17) is 0 Å². The standard InChI is InChI=1S/C19H22N2OS/c1-3-12-6-9-14-15(10-12)23-19-16(14)18(22)20-17(21-19)13-7-4-11(2)5-8-13/h4-5,7-8,12,17,21H,3,6,9-10H2,1-2H3,(H,20,22)/t12-,17+/m1/s1. The van der Waals surface area contributed by atoms with E-state index in [0.717, 1.165) is 34.9 Å². The monoisotopic (exact) mass is 326 g/mol. The van der Waals surface area contributed by atoms with E-state index in [0.29, 0.717) is 0 Å². The molecular formula is C19H22N2OS. The van der Waals surface area contributed by atoms with Gasteiger partial charge in [0, 0.05) is 4.88 Å². The maximum atomic E-state index is 12.7. The number of aryl methyl sites for hydroxylation is 1. The highest BCUT2D eigenvalue weighted by molar-refractivity contribution is 7.16. The van der Waals surface area contributed by atoms with Crippen LogP contribution < -0.4 is 10.6 Å². The van der Waals surface area contributed by atoms with E-state index in [-0.39, 0.29) is 12.1 Å². The Morgan fingerprint density at radius 2 is 2.00 bits per heavy atom. The van der Waals surface area contributed by atoms with E-state index >= 15 is 0 Å². The molecule has 1 aromatic heterocycles. The van der Waals surface area contributed by atoms with Crippen LogP contribution in [0.5, 0.6) is 0 Å². The first-order chi connectivity index (χ1) is 11.2. The van der Waals surface area contributed by atoms with Crippen LogP contribution in [0.25, 0.3) is 0 Å². The molecule has 23 heavy (non-hydrogen) atoms. The summed E-state index contributed by atoms with van der Waals surface area (Å²) < 4.78 is 0. The molecule has 2 atom stereocenters. The van der Waals surface area contributed by atoms with Crippen molar-refractivity contribution in [3.8, 4) is 0 Å². The van der Waals surface area contributed by atoms with Crippen molar-refractivity contribution in [2.45, 2.75) is 45.7 Å². The summed E-state index contributed by atoms with van der Waals surface area (Å²) in [5.74, 6) is 0.857. The quantitative estimate of drug-likeness (QED) is 0.857. The second kappa shape index (κ2) is 5.68. The molecule has 1 aliphatic carbocycles. The molecule has 0 saturated heterocycles. The highest BCUT2D eigenvalue weighted by atomic mass is 32.1. The van der Waals surface area contributed by atoms with Gasteiger partial charge in [0.25, 0.3) is 5.91 Å². The van der Waals surface area contributed by atoms with Crippen LogP contribution in [0.4, 0.5) is 5.00 Å². The Balaban J connectivity index is 1.66. The van der Waals surface area contributed by atoms with Gasteiger partial charge in [-0.05, 0) is 43.2 Å². The second-order valence-corrected chi connectivity index (χ2v) is 7.79. The van der Waals surface area contributed by atoms with Crippen LogP contribution in [0, 0.1) is 12.8 Å². The van der Waals surface area contributed by atoms with Gasteiger partial charge in [0.15, 0.2) is 0 Å². The number of carbonyl (C=O) groups excluding carboxylic acids is 1. The van der Waals surface area contributed by atoms with Crippen molar-refractivity contribution >= 4 is 22.2 Å². The van der Waals surface area contributed by atoms with Crippen LogP contribution in [0.15, 0.2) is 24.3 Å². The van der Waals surface area contributed by atoms with Crippen molar-refractivity contribution in [1.82, 2.24) is 5.32 Å². The van der Waals surface area contributed by atoms with Crippen molar-refractivity contribution < 1.29 is 4.79 Å². The summed E-state index contributed by atoms with van der Waals surface area (Å²) in [6.07, 6.45) is 4.49. The zero-order valence-electron chi connectivity index (χ0n) is 13.6. The lowest BCUT2D eigenvalue weighted by Gasteiger charge is -2.27. The number of amides is 1. The van der Waals surface area contributed by atoms with Gasteiger partial charge in [-0.15, -0.1) is 11.3 Å². The van der Waals surface area contributed by atoms with E-state index in [1.165, 1.54) is 28.8 Å². The van der Waals surface area contributed by atoms with Gasteiger partial charge in [-0.1, -0.05) is 43.2 Å². The van der Waals surface area contributed by atoms with Crippen LogP contribution >= 0.6 is 11.3 Å². The molecule has 2 N–H and O–H groups in total. The molecule has 0 fully saturated rings. The van der Waals surface area contributed by atoms with Crippen LogP contribution in [0.3, 0.4) is 0 Å². The highest BCUT2D eigenvalue weighted by Gasteiger charge is 2.33. The molecule has 3 nitrogen and oxygen atoms in total. The number of thiophene rings is 1. The minimum atomic E-state index is -0.127. The molecule has 0 bridgehead atoms. The first-order valence-corrected chi connectivity index (χ1v) is 9.26. The average molecular weight is 326 g/mol. The molecule has 0 radical (unpaired) electrons. The van der Waals surface area contributed by atoms with Gasteiger partial charge in [-0.25, -0.2) is 0 Å². The van der Waals surface area contributed by atoms with E-state index < -0.39 is 0 Å². The number of rotatable bonds is 2. The molecule has 0 spiro atoms. The first-order valence-electron chi connectivity index (χ1n) is 8.44. The third kappa shape index (κ3) is 2.55. The Kier molecular flexibility index (Phi) is 3.64. The van der Waals surface area contributed by atoms with E-state index in [2.05, 4.69) is 48.7 Å². The minimum absolute atomic E-state index is 0.0803. The number of carbonyl (C=O) groups is 1. The highest BCUT2D eigenvalue weighted by Crippen LogP contribution is 2.43. The maximum absolute atomic E-state index is 12.7. The van der Waals surface area contributed by atoms with Gasteiger partial charge >= 0.3 is 0 Å². The lowest BCUT2D eigenvalue weighted by molar-refractivity contribution is 0.0935. The van der Waals surface area contributed by atoms with Gasteiger partial charge < -0.3 is 10.6 Å². The fraction of sp³-hybridized carbons (Fsp3) is 0.421. The third-order valence-electron chi connectivity index (χ3n) is 5.13. The first kappa shape index (κ1) is 14.8. The van der Waals surface area contributed by atoms with Crippen LogP contribution in [-0.2, 0) is 12.8 Å². The molecule has 2 aliphatic rings. The molecule has 1 amide bonds. The predicted octanol–water partition coefficient (Wildman–Crippen LogP) is 4.43. The van der Waals surface area contributed by atoms with Gasteiger partial charge in [0.1, 0.15) is 11.2 Å². The Morgan fingerprint density at radius 1 is 1.22 bits per heavy atom. The summed E-state index contributed by atoms with van der Waals surface area (Å²) in [7, 11) is 0. The topological polar surface area (TPSA) is 41.1 Å².